The van der Waals surface area contributed by atoms with Gasteiger partial charge in [0.1, 0.15) is 0 Å². The number of carbonyl (C=O) groups is 2. The maximum absolute atomic E-state index is 12.3. The van der Waals surface area contributed by atoms with Gasteiger partial charge in [-0.25, -0.2) is 4.79 Å². The molecule has 3 N–H and O–H groups in total. The standard InChI is InChI=1S/C13H14ClNO5/c14-11-3-7(13(19)20)1-2-10(11)12(18)15-5-9(17)4-8(15)6-16/h1-3,8-9,16-17H,4-6H2,(H,19,20)/t8-,9-/m0/s1. The molecule has 1 saturated heterocycles. The average Bonchev–Trinajstić information content (AvgIpc) is 2.79. The quantitative estimate of drug-likeness (QED) is 0.759. The second-order valence-corrected chi connectivity index (χ2v) is 5.09. The van der Waals surface area contributed by atoms with E-state index < -0.39 is 24.0 Å². The van der Waals surface area contributed by atoms with Crippen molar-refractivity contribution in [2.24, 2.45) is 0 Å². The summed E-state index contributed by atoms with van der Waals surface area (Å²) in [4.78, 5) is 24.5. The number of rotatable bonds is 3. The number of nitrogens with zero attached hydrogens (tertiary/aromatic N) is 1. The Labute approximate surface area is 120 Å². The summed E-state index contributed by atoms with van der Waals surface area (Å²) in [6, 6.07) is 3.39. The van der Waals surface area contributed by atoms with Gasteiger partial charge >= 0.3 is 5.97 Å². The van der Waals surface area contributed by atoms with Gasteiger partial charge in [0.05, 0.1) is 34.9 Å². The average molecular weight is 300 g/mol. The molecule has 7 heteroatoms. The summed E-state index contributed by atoms with van der Waals surface area (Å²) < 4.78 is 0. The highest BCUT2D eigenvalue weighted by molar-refractivity contribution is 6.34. The first-order valence-corrected chi connectivity index (χ1v) is 6.44. The van der Waals surface area contributed by atoms with Gasteiger partial charge in [-0.1, -0.05) is 11.6 Å². The molecule has 1 aromatic carbocycles. The lowest BCUT2D eigenvalue weighted by molar-refractivity contribution is 0.0661. The Morgan fingerprint density at radius 2 is 2.10 bits per heavy atom. The number of likely N-dealkylation sites (tertiary alicyclic amines) is 1. The minimum Gasteiger partial charge on any atom is -0.478 e. The molecule has 0 spiro atoms. The third-order valence-corrected chi connectivity index (χ3v) is 3.62. The van der Waals surface area contributed by atoms with Gasteiger partial charge in [0, 0.05) is 6.54 Å². The van der Waals surface area contributed by atoms with Gasteiger partial charge in [0.25, 0.3) is 5.91 Å². The zero-order valence-corrected chi connectivity index (χ0v) is 11.2. The zero-order valence-electron chi connectivity index (χ0n) is 10.5. The number of amides is 1. The molecule has 1 amide bonds. The summed E-state index contributed by atoms with van der Waals surface area (Å²) >= 11 is 5.94. The molecule has 1 fully saturated rings. The topological polar surface area (TPSA) is 98.1 Å². The van der Waals surface area contributed by atoms with Gasteiger partial charge in [-0.15, -0.1) is 0 Å². The van der Waals surface area contributed by atoms with Crippen LogP contribution >= 0.6 is 11.6 Å². The van der Waals surface area contributed by atoms with Gasteiger partial charge in [-0.05, 0) is 24.6 Å². The number of hydrogen-bond donors (Lipinski definition) is 3. The lowest BCUT2D eigenvalue weighted by atomic mass is 10.1. The summed E-state index contributed by atoms with van der Waals surface area (Å²) in [5.41, 5.74) is 0.149. The van der Waals surface area contributed by atoms with Crippen LogP contribution in [-0.4, -0.2) is 57.4 Å². The van der Waals surface area contributed by atoms with E-state index in [9.17, 15) is 19.8 Å². The molecule has 0 bridgehead atoms. The predicted molar refractivity (Wildman–Crippen MR) is 70.9 cm³/mol. The number of halogens is 1. The molecule has 6 nitrogen and oxygen atoms in total. The number of aliphatic hydroxyl groups excluding tert-OH is 2. The van der Waals surface area contributed by atoms with Crippen LogP contribution in [0, 0.1) is 0 Å². The summed E-state index contributed by atoms with van der Waals surface area (Å²) in [6.07, 6.45) is -0.360. The minimum atomic E-state index is -1.13. The third kappa shape index (κ3) is 2.77. The summed E-state index contributed by atoms with van der Waals surface area (Å²) in [6.45, 7) is -0.116. The maximum Gasteiger partial charge on any atom is 0.335 e. The Morgan fingerprint density at radius 3 is 2.65 bits per heavy atom. The van der Waals surface area contributed by atoms with Crippen molar-refractivity contribution in [3.8, 4) is 0 Å². The van der Waals surface area contributed by atoms with Gasteiger partial charge in [0.15, 0.2) is 0 Å². The van der Waals surface area contributed by atoms with Crippen LogP contribution in [0.5, 0.6) is 0 Å². The molecule has 0 saturated carbocycles. The lowest BCUT2D eigenvalue weighted by Crippen LogP contribution is -2.38. The fraction of sp³-hybridized carbons (Fsp3) is 0.385. The van der Waals surface area contributed by atoms with Crippen molar-refractivity contribution in [3.05, 3.63) is 34.3 Å². The van der Waals surface area contributed by atoms with Crippen molar-refractivity contribution in [2.45, 2.75) is 18.6 Å². The Kier molecular flexibility index (Phi) is 4.27. The van der Waals surface area contributed by atoms with E-state index in [4.69, 9.17) is 16.7 Å². The minimum absolute atomic E-state index is 0.00767. The number of β-amino-alcohol motifs (C(OH)–C–C–N with tert-alkyl or cyclic N) is 1. The highest BCUT2D eigenvalue weighted by Gasteiger charge is 2.34. The largest absolute Gasteiger partial charge is 0.478 e. The van der Waals surface area contributed by atoms with E-state index in [-0.39, 0.29) is 29.3 Å². The first-order valence-electron chi connectivity index (χ1n) is 6.06. The van der Waals surface area contributed by atoms with E-state index in [1.165, 1.54) is 23.1 Å². The molecule has 0 aromatic heterocycles. The van der Waals surface area contributed by atoms with Crippen LogP contribution in [-0.2, 0) is 0 Å². The third-order valence-electron chi connectivity index (χ3n) is 3.31. The summed E-state index contributed by atoms with van der Waals surface area (Å²) in [5.74, 6) is -1.56. The summed E-state index contributed by atoms with van der Waals surface area (Å²) in [7, 11) is 0. The molecule has 2 atom stereocenters. The number of aromatic carboxylic acids is 1. The Hall–Kier alpha value is -1.63. The van der Waals surface area contributed by atoms with Crippen LogP contribution in [0.4, 0.5) is 0 Å². The second-order valence-electron chi connectivity index (χ2n) is 4.68. The van der Waals surface area contributed by atoms with Gasteiger partial charge in [-0.3, -0.25) is 4.79 Å². The molecule has 1 aliphatic rings. The zero-order chi connectivity index (χ0) is 14.9. The fourth-order valence-corrected chi connectivity index (χ4v) is 2.55. The first kappa shape index (κ1) is 14.8. The van der Waals surface area contributed by atoms with E-state index in [2.05, 4.69) is 0 Å². The van der Waals surface area contributed by atoms with Gasteiger partial charge in [0.2, 0.25) is 0 Å². The molecule has 1 aromatic rings. The first-order chi connectivity index (χ1) is 9.43. The second kappa shape index (κ2) is 5.78. The van der Waals surface area contributed by atoms with Crippen molar-refractivity contribution in [1.82, 2.24) is 4.90 Å². The number of carboxylic acids is 1. The molecule has 0 aliphatic carbocycles. The molecular weight excluding hydrogens is 286 g/mol. The van der Waals surface area contributed by atoms with Crippen molar-refractivity contribution in [1.29, 1.82) is 0 Å². The molecule has 0 unspecified atom stereocenters. The van der Waals surface area contributed by atoms with Crippen molar-refractivity contribution >= 4 is 23.5 Å². The number of benzene rings is 1. The molecule has 1 heterocycles. The molecule has 108 valence electrons. The fourth-order valence-electron chi connectivity index (χ4n) is 2.29. The van der Waals surface area contributed by atoms with Crippen LogP contribution < -0.4 is 0 Å². The maximum atomic E-state index is 12.3. The lowest BCUT2D eigenvalue weighted by Gasteiger charge is -2.23. The predicted octanol–water partition coefficient (Wildman–Crippen LogP) is 0.606. The van der Waals surface area contributed by atoms with E-state index in [1.54, 1.807) is 0 Å². The SMILES string of the molecule is O=C(O)c1ccc(C(=O)N2C[C@@H](O)C[C@H]2CO)c(Cl)c1. The van der Waals surface area contributed by atoms with E-state index in [1.807, 2.05) is 0 Å². The molecule has 1 aliphatic heterocycles. The molecule has 2 rings (SSSR count). The van der Waals surface area contributed by atoms with Crippen molar-refractivity contribution in [3.63, 3.8) is 0 Å². The van der Waals surface area contributed by atoms with Gasteiger partial charge < -0.3 is 20.2 Å². The van der Waals surface area contributed by atoms with E-state index in [0.29, 0.717) is 6.42 Å². The Bertz CT molecular complexity index is 548. The monoisotopic (exact) mass is 299 g/mol. The van der Waals surface area contributed by atoms with E-state index in [0.717, 1.165) is 0 Å². The number of aliphatic hydroxyl groups is 2. The highest BCUT2D eigenvalue weighted by Crippen LogP contribution is 2.25. The molecule has 20 heavy (non-hydrogen) atoms. The number of carbonyl (C=O) groups excluding carboxylic acids is 1. The number of carboxylic acid groups (broad SMARTS) is 1. The Morgan fingerprint density at radius 1 is 1.40 bits per heavy atom. The molecular formula is C13H14ClNO5. The van der Waals surface area contributed by atoms with Crippen molar-refractivity contribution < 1.29 is 24.9 Å². The van der Waals surface area contributed by atoms with Crippen LogP contribution in [0.25, 0.3) is 0 Å². The highest BCUT2D eigenvalue weighted by atomic mass is 35.5. The van der Waals surface area contributed by atoms with Crippen LogP contribution in [0.3, 0.4) is 0 Å². The smallest absolute Gasteiger partial charge is 0.335 e. The Balaban J connectivity index is 2.27. The van der Waals surface area contributed by atoms with Gasteiger partial charge in [-0.2, -0.15) is 0 Å². The number of hydrogen-bond acceptors (Lipinski definition) is 4. The van der Waals surface area contributed by atoms with Crippen LogP contribution in [0.15, 0.2) is 18.2 Å². The van der Waals surface area contributed by atoms with Crippen LogP contribution in [0.2, 0.25) is 5.02 Å². The summed E-state index contributed by atoms with van der Waals surface area (Å²) in [5, 5.41) is 27.7. The van der Waals surface area contributed by atoms with Crippen LogP contribution in [0.1, 0.15) is 27.1 Å². The van der Waals surface area contributed by atoms with E-state index >= 15 is 0 Å². The normalized spacial score (nSPS) is 22.1. The van der Waals surface area contributed by atoms with Crippen molar-refractivity contribution in [2.75, 3.05) is 13.2 Å². The molecule has 0 radical (unpaired) electrons.